The van der Waals surface area contributed by atoms with E-state index in [0.717, 1.165) is 0 Å². The molecule has 0 saturated heterocycles. The number of nitrogens with two attached hydrogens (primary N) is 1. The van der Waals surface area contributed by atoms with E-state index in [1.54, 1.807) is 12.1 Å². The first-order chi connectivity index (χ1) is 6.65. The molecule has 0 aliphatic carbocycles. The fraction of sp³-hybridized carbons (Fsp3) is 0.300. The number of hydrogen-bond donors (Lipinski definition) is 2. The van der Waals surface area contributed by atoms with E-state index in [2.05, 4.69) is 5.32 Å². The van der Waals surface area contributed by atoms with Gasteiger partial charge in [-0.3, -0.25) is 4.79 Å². The largest absolute Gasteiger partial charge is 0.397 e. The van der Waals surface area contributed by atoms with Crippen molar-refractivity contribution < 1.29 is 4.79 Å². The molecular weight excluding hydrogens is 232 g/mol. The van der Waals surface area contributed by atoms with Crippen molar-refractivity contribution in [1.29, 1.82) is 0 Å². The number of halogens is 1. The zero-order valence-corrected chi connectivity index (χ0v) is 10.3. The van der Waals surface area contributed by atoms with Crippen molar-refractivity contribution in [3.8, 4) is 0 Å². The van der Waals surface area contributed by atoms with Gasteiger partial charge in [-0.05, 0) is 25.3 Å². The Balaban J connectivity index is 0.00000196. The molecule has 3 N–H and O–H groups in total. The van der Waals surface area contributed by atoms with Gasteiger partial charge in [0.1, 0.15) is 0 Å². The number of carbonyl (C=O) groups excluding carboxylic acids is 1. The Labute approximate surface area is 100 Å². The maximum atomic E-state index is 11.5. The zero-order valence-electron chi connectivity index (χ0n) is 8.69. The number of nitrogens with one attached hydrogen (secondary N) is 1. The molecule has 0 aromatic heterocycles. The van der Waals surface area contributed by atoms with E-state index >= 15 is 0 Å². The maximum Gasteiger partial charge on any atom is 0.237 e. The highest BCUT2D eigenvalue weighted by Gasteiger charge is 2.11. The Morgan fingerprint density at radius 3 is 2.60 bits per heavy atom. The van der Waals surface area contributed by atoms with Gasteiger partial charge < -0.3 is 11.1 Å². The minimum atomic E-state index is -0.0605. The number of thioether (sulfide) groups is 1. The lowest BCUT2D eigenvalue weighted by Crippen LogP contribution is -2.22. The van der Waals surface area contributed by atoms with Crippen LogP contribution in [0.4, 0.5) is 11.4 Å². The lowest BCUT2D eigenvalue weighted by atomic mass is 10.2. The summed E-state index contributed by atoms with van der Waals surface area (Å²) in [7, 11) is 0. The van der Waals surface area contributed by atoms with Crippen molar-refractivity contribution in [2.45, 2.75) is 12.2 Å². The molecule has 15 heavy (non-hydrogen) atoms. The molecule has 0 spiro atoms. The molecule has 0 bridgehead atoms. The number of benzene rings is 1. The van der Waals surface area contributed by atoms with Gasteiger partial charge >= 0.3 is 0 Å². The SMILES string of the molecule is CSC(C)C(=O)Nc1ccccc1N.Cl. The Bertz CT molecular complexity index is 333. The van der Waals surface area contributed by atoms with Crippen molar-refractivity contribution in [2.24, 2.45) is 0 Å². The first-order valence-corrected chi connectivity index (χ1v) is 5.62. The van der Waals surface area contributed by atoms with Crippen LogP contribution in [0.25, 0.3) is 0 Å². The van der Waals surface area contributed by atoms with Crippen molar-refractivity contribution in [3.05, 3.63) is 24.3 Å². The van der Waals surface area contributed by atoms with Gasteiger partial charge in [0.05, 0.1) is 16.6 Å². The maximum absolute atomic E-state index is 11.5. The summed E-state index contributed by atoms with van der Waals surface area (Å²) in [4.78, 5) is 11.5. The second-order valence-electron chi connectivity index (χ2n) is 2.95. The molecule has 1 unspecified atom stereocenters. The fourth-order valence-electron chi connectivity index (χ4n) is 0.952. The molecule has 5 heteroatoms. The van der Waals surface area contributed by atoms with E-state index < -0.39 is 0 Å². The first-order valence-electron chi connectivity index (χ1n) is 4.33. The number of para-hydroxylation sites is 2. The van der Waals surface area contributed by atoms with Gasteiger partial charge in [0.2, 0.25) is 5.91 Å². The molecule has 0 fully saturated rings. The number of anilines is 2. The highest BCUT2D eigenvalue weighted by atomic mass is 35.5. The molecule has 1 amide bonds. The number of nitrogen functional groups attached to an aromatic ring is 1. The van der Waals surface area contributed by atoms with E-state index in [9.17, 15) is 4.79 Å². The topological polar surface area (TPSA) is 55.1 Å². The normalized spacial score (nSPS) is 11.3. The third kappa shape index (κ3) is 4.01. The van der Waals surface area contributed by atoms with E-state index in [4.69, 9.17) is 5.73 Å². The van der Waals surface area contributed by atoms with Crippen LogP contribution in [0.2, 0.25) is 0 Å². The summed E-state index contributed by atoms with van der Waals surface area (Å²) < 4.78 is 0. The summed E-state index contributed by atoms with van der Waals surface area (Å²) in [5.41, 5.74) is 6.96. The summed E-state index contributed by atoms with van der Waals surface area (Å²) in [5.74, 6) is -0.0181. The highest BCUT2D eigenvalue weighted by Crippen LogP contribution is 2.18. The fourth-order valence-corrected chi connectivity index (χ4v) is 1.23. The van der Waals surface area contributed by atoms with E-state index in [1.807, 2.05) is 25.3 Å². The molecule has 0 heterocycles. The van der Waals surface area contributed by atoms with Crippen LogP contribution in [0.5, 0.6) is 0 Å². The third-order valence-electron chi connectivity index (χ3n) is 1.94. The molecule has 0 aliphatic heterocycles. The van der Waals surface area contributed by atoms with E-state index in [1.165, 1.54) is 11.8 Å². The number of amides is 1. The van der Waals surface area contributed by atoms with Crippen molar-refractivity contribution >= 4 is 41.5 Å². The van der Waals surface area contributed by atoms with Crippen LogP contribution in [-0.2, 0) is 4.79 Å². The number of hydrogen-bond acceptors (Lipinski definition) is 3. The van der Waals surface area contributed by atoms with Crippen LogP contribution in [0.1, 0.15) is 6.92 Å². The minimum absolute atomic E-state index is 0. The molecule has 1 aromatic rings. The van der Waals surface area contributed by atoms with Crippen LogP contribution in [0, 0.1) is 0 Å². The average Bonchev–Trinajstić information content (AvgIpc) is 2.20. The zero-order chi connectivity index (χ0) is 10.6. The quantitative estimate of drug-likeness (QED) is 0.806. The standard InChI is InChI=1S/C10H14N2OS.ClH/c1-7(14-2)10(13)12-9-6-4-3-5-8(9)11;/h3-7H,11H2,1-2H3,(H,12,13);1H. The van der Waals surface area contributed by atoms with Gasteiger partial charge in [-0.1, -0.05) is 12.1 Å². The van der Waals surface area contributed by atoms with Gasteiger partial charge in [0, 0.05) is 0 Å². The van der Waals surface area contributed by atoms with Crippen molar-refractivity contribution in [2.75, 3.05) is 17.3 Å². The Morgan fingerprint density at radius 1 is 1.47 bits per heavy atom. The minimum Gasteiger partial charge on any atom is -0.397 e. The lowest BCUT2D eigenvalue weighted by molar-refractivity contribution is -0.115. The highest BCUT2D eigenvalue weighted by molar-refractivity contribution is 7.99. The van der Waals surface area contributed by atoms with Crippen LogP contribution >= 0.6 is 24.2 Å². The molecule has 84 valence electrons. The van der Waals surface area contributed by atoms with Crippen molar-refractivity contribution in [3.63, 3.8) is 0 Å². The second-order valence-corrected chi connectivity index (χ2v) is 4.13. The van der Waals surface area contributed by atoms with E-state index in [0.29, 0.717) is 11.4 Å². The molecule has 0 saturated carbocycles. The Morgan fingerprint density at radius 2 is 2.07 bits per heavy atom. The Kier molecular flexibility index (Phi) is 6.20. The van der Waals surface area contributed by atoms with Gasteiger partial charge in [0.15, 0.2) is 0 Å². The van der Waals surface area contributed by atoms with Gasteiger partial charge in [-0.15, -0.1) is 12.4 Å². The molecule has 0 radical (unpaired) electrons. The van der Waals surface area contributed by atoms with Crippen molar-refractivity contribution in [1.82, 2.24) is 0 Å². The molecule has 1 aromatic carbocycles. The van der Waals surface area contributed by atoms with Gasteiger partial charge in [-0.25, -0.2) is 0 Å². The average molecular weight is 247 g/mol. The summed E-state index contributed by atoms with van der Waals surface area (Å²) in [6.07, 6.45) is 1.90. The lowest BCUT2D eigenvalue weighted by Gasteiger charge is -2.10. The number of carbonyl (C=O) groups is 1. The molecule has 3 nitrogen and oxygen atoms in total. The monoisotopic (exact) mass is 246 g/mol. The van der Waals surface area contributed by atoms with Crippen LogP contribution < -0.4 is 11.1 Å². The first kappa shape index (κ1) is 14.1. The summed E-state index contributed by atoms with van der Waals surface area (Å²) in [6, 6.07) is 7.23. The molecule has 1 atom stereocenters. The van der Waals surface area contributed by atoms with Crippen LogP contribution in [0.3, 0.4) is 0 Å². The summed E-state index contributed by atoms with van der Waals surface area (Å²) in [6.45, 7) is 1.86. The summed E-state index contributed by atoms with van der Waals surface area (Å²) >= 11 is 1.51. The number of rotatable bonds is 3. The van der Waals surface area contributed by atoms with E-state index in [-0.39, 0.29) is 23.6 Å². The predicted octanol–water partition coefficient (Wildman–Crippen LogP) is 2.38. The molecular formula is C10H15ClN2OS. The van der Waals surface area contributed by atoms with Crippen LogP contribution in [-0.4, -0.2) is 17.4 Å². The van der Waals surface area contributed by atoms with Gasteiger partial charge in [0.25, 0.3) is 0 Å². The Hall–Kier alpha value is -0.870. The van der Waals surface area contributed by atoms with Gasteiger partial charge in [-0.2, -0.15) is 11.8 Å². The predicted molar refractivity (Wildman–Crippen MR) is 69.7 cm³/mol. The third-order valence-corrected chi connectivity index (χ3v) is 2.86. The molecule has 0 aliphatic rings. The molecule has 1 rings (SSSR count). The second kappa shape index (κ2) is 6.58. The van der Waals surface area contributed by atoms with Crippen LogP contribution in [0.15, 0.2) is 24.3 Å². The smallest absolute Gasteiger partial charge is 0.237 e. The summed E-state index contributed by atoms with van der Waals surface area (Å²) in [5, 5.41) is 2.72.